The van der Waals surface area contributed by atoms with E-state index in [9.17, 15) is 0 Å². The zero-order chi connectivity index (χ0) is 8.58. The summed E-state index contributed by atoms with van der Waals surface area (Å²) in [6.07, 6.45) is 0. The van der Waals surface area contributed by atoms with Crippen molar-refractivity contribution in [2.24, 2.45) is 3.72 Å². The number of hydrogen-bond donors (Lipinski definition) is 1. The van der Waals surface area contributed by atoms with Gasteiger partial charge < -0.3 is 0 Å². The van der Waals surface area contributed by atoms with Crippen molar-refractivity contribution in [3.05, 3.63) is 0 Å². The molecule has 0 aliphatic rings. The second kappa shape index (κ2) is 3.33. The molecule has 0 unspecified atom stereocenters. The summed E-state index contributed by atoms with van der Waals surface area (Å²) in [4.78, 5) is 0. The van der Waals surface area contributed by atoms with Crippen molar-refractivity contribution in [3.63, 3.8) is 0 Å². The van der Waals surface area contributed by atoms with Crippen molar-refractivity contribution < 1.29 is 20.1 Å². The molecule has 0 heterocycles. The maximum atomic E-state index is 6.36. The Morgan fingerprint density at radius 1 is 0.800 bits per heavy atom. The zero-order valence-electron chi connectivity index (χ0n) is 8.08. The molecule has 4 heteroatoms. The third-order valence-corrected chi connectivity index (χ3v) is 76.5. The van der Waals surface area contributed by atoms with E-state index in [4.69, 9.17) is 3.72 Å². The Kier molecular flexibility index (Phi) is 3.75. The molecule has 0 atom stereocenters. The van der Waals surface area contributed by atoms with E-state index >= 15 is 0 Å². The van der Waals surface area contributed by atoms with E-state index in [1.165, 1.54) is 0 Å². The van der Waals surface area contributed by atoms with Gasteiger partial charge in [0, 0.05) is 0 Å². The second-order valence-corrected chi connectivity index (χ2v) is 62.1. The van der Waals surface area contributed by atoms with Crippen LogP contribution in [0.2, 0.25) is 39.3 Å². The molecule has 0 aromatic heterocycles. The molecule has 1 nitrogen and oxygen atoms in total. The van der Waals surface area contributed by atoms with E-state index < -0.39 is 30.6 Å². The standard InChI is InChI=1S/2C3H9Si.Hf.H2N/c2*1-4(2)3;;/h2*1-3H3;;1H2/q;;+1;-1. The van der Waals surface area contributed by atoms with Crippen LogP contribution in [0.25, 0.3) is 0 Å². The number of hydrogen-bond acceptors (Lipinski definition) is 1. The van der Waals surface area contributed by atoms with Crippen LogP contribution in [0.4, 0.5) is 0 Å². The van der Waals surface area contributed by atoms with Crippen LogP contribution in [0, 0.1) is 0 Å². The zero-order valence-corrected chi connectivity index (χ0v) is 13.7. The first kappa shape index (κ1) is 11.3. The number of rotatable bonds is 2. The molecule has 0 amide bonds. The summed E-state index contributed by atoms with van der Waals surface area (Å²) in [5.74, 6) is 0. The first-order valence-electron chi connectivity index (χ1n) is 3.79. The Morgan fingerprint density at radius 3 is 1.00 bits per heavy atom. The molecule has 0 fully saturated rings. The van der Waals surface area contributed by atoms with Crippen LogP contribution in [0.15, 0.2) is 0 Å². The van der Waals surface area contributed by atoms with Gasteiger partial charge in [0.1, 0.15) is 0 Å². The van der Waals surface area contributed by atoms with Crippen molar-refractivity contribution in [2.45, 2.75) is 39.3 Å². The van der Waals surface area contributed by atoms with Crippen molar-refractivity contribution in [3.8, 4) is 0 Å². The van der Waals surface area contributed by atoms with Gasteiger partial charge in [0.15, 0.2) is 0 Å². The molecule has 0 radical (unpaired) electrons. The van der Waals surface area contributed by atoms with Crippen LogP contribution in [0.1, 0.15) is 0 Å². The summed E-state index contributed by atoms with van der Waals surface area (Å²) in [6, 6.07) is 0. The van der Waals surface area contributed by atoms with E-state index in [0.717, 1.165) is 0 Å². The van der Waals surface area contributed by atoms with Crippen LogP contribution in [-0.4, -0.2) is 10.5 Å². The van der Waals surface area contributed by atoms with Crippen LogP contribution < -0.4 is 3.72 Å². The minimum atomic E-state index is -1.52. The van der Waals surface area contributed by atoms with Crippen LogP contribution in [0.3, 0.4) is 0 Å². The van der Waals surface area contributed by atoms with Crippen molar-refractivity contribution in [2.75, 3.05) is 0 Å². The van der Waals surface area contributed by atoms with Gasteiger partial charge >= 0.3 is 73.6 Å². The molecule has 0 spiro atoms. The summed E-state index contributed by atoms with van der Waals surface area (Å²) in [7, 11) is 0. The van der Waals surface area contributed by atoms with Gasteiger partial charge in [-0.1, -0.05) is 0 Å². The van der Waals surface area contributed by atoms with E-state index in [0.29, 0.717) is 0 Å². The first-order valence-corrected chi connectivity index (χ1v) is 23.6. The van der Waals surface area contributed by atoms with Crippen molar-refractivity contribution >= 4 is 10.5 Å². The first-order chi connectivity index (χ1) is 4.15. The van der Waals surface area contributed by atoms with E-state index in [2.05, 4.69) is 39.3 Å². The van der Waals surface area contributed by atoms with Gasteiger partial charge in [-0.15, -0.1) is 0 Å². The molecular weight excluding hydrogens is 321 g/mol. The summed E-state index contributed by atoms with van der Waals surface area (Å²) in [6.45, 7) is 14.7. The Balaban J connectivity index is 4.23. The summed E-state index contributed by atoms with van der Waals surface area (Å²) >= 11 is -1.52. The fraction of sp³-hybridized carbons (Fsp3) is 1.00. The Bertz CT molecular complexity index is 99.9. The molecule has 61 valence electrons. The summed E-state index contributed by atoms with van der Waals surface area (Å²) in [5, 5.41) is -1.69. The molecule has 0 bridgehead atoms. The van der Waals surface area contributed by atoms with Gasteiger partial charge in [-0.05, 0) is 0 Å². The Hall–Kier alpha value is 1.26. The number of nitrogens with two attached hydrogens (primary N) is 1. The summed E-state index contributed by atoms with van der Waals surface area (Å²) < 4.78 is 6.36. The molecule has 0 aliphatic heterocycles. The summed E-state index contributed by atoms with van der Waals surface area (Å²) in [5.41, 5.74) is 0. The molecule has 0 aromatic rings. The molecular formula is C6H20HfNSi2. The minimum absolute atomic E-state index is 0.844. The SMILES string of the molecule is C[Si](C)(C)[Hf]([NH2])[Si](C)(C)C. The molecule has 0 saturated heterocycles. The average molecular weight is 341 g/mol. The second-order valence-electron chi connectivity index (χ2n) is 4.91. The van der Waals surface area contributed by atoms with Gasteiger partial charge in [0.25, 0.3) is 0 Å². The normalized spacial score (nSPS) is 13.5. The van der Waals surface area contributed by atoms with Gasteiger partial charge in [0.05, 0.1) is 0 Å². The predicted octanol–water partition coefficient (Wildman–Crippen LogP) is 2.15. The van der Waals surface area contributed by atoms with Crippen LogP contribution in [-0.2, 0) is 20.1 Å². The fourth-order valence-electron chi connectivity index (χ4n) is 1.12. The molecule has 0 aliphatic carbocycles. The molecule has 0 aromatic carbocycles. The van der Waals surface area contributed by atoms with Crippen molar-refractivity contribution in [1.29, 1.82) is 0 Å². The van der Waals surface area contributed by atoms with E-state index in [1.807, 2.05) is 0 Å². The fourth-order valence-corrected chi connectivity index (χ4v) is 82.9. The maximum absolute atomic E-state index is 6.36. The molecule has 0 rings (SSSR count). The van der Waals surface area contributed by atoms with Crippen LogP contribution >= 0.6 is 0 Å². The molecule has 2 N–H and O–H groups in total. The monoisotopic (exact) mass is 342 g/mol. The third kappa shape index (κ3) is 3.60. The van der Waals surface area contributed by atoms with Crippen molar-refractivity contribution in [1.82, 2.24) is 0 Å². The Morgan fingerprint density at radius 2 is 1.00 bits per heavy atom. The molecule has 10 heavy (non-hydrogen) atoms. The van der Waals surface area contributed by atoms with Gasteiger partial charge in [-0.2, -0.15) is 0 Å². The quantitative estimate of drug-likeness (QED) is 0.766. The Labute approximate surface area is 73.3 Å². The van der Waals surface area contributed by atoms with Crippen LogP contribution in [0.5, 0.6) is 0 Å². The average Bonchev–Trinajstić information content (AvgIpc) is 1.59. The van der Waals surface area contributed by atoms with Gasteiger partial charge in [-0.25, -0.2) is 0 Å². The van der Waals surface area contributed by atoms with Gasteiger partial charge in [0.2, 0.25) is 0 Å². The van der Waals surface area contributed by atoms with E-state index in [1.54, 1.807) is 0 Å². The molecule has 0 saturated carbocycles. The van der Waals surface area contributed by atoms with E-state index in [-0.39, 0.29) is 0 Å². The third-order valence-electron chi connectivity index (χ3n) is 1.62. The predicted molar refractivity (Wildman–Crippen MR) is 50.9 cm³/mol. The topological polar surface area (TPSA) is 26.0 Å². The van der Waals surface area contributed by atoms with Gasteiger partial charge in [-0.3, -0.25) is 0 Å².